The summed E-state index contributed by atoms with van der Waals surface area (Å²) in [6.07, 6.45) is 4.43. The summed E-state index contributed by atoms with van der Waals surface area (Å²) in [5.41, 5.74) is 7.89. The zero-order chi connectivity index (χ0) is 24.9. The molecule has 36 heavy (non-hydrogen) atoms. The van der Waals surface area contributed by atoms with Crippen molar-refractivity contribution in [3.8, 4) is 22.7 Å². The fourth-order valence-corrected chi connectivity index (χ4v) is 3.80. The van der Waals surface area contributed by atoms with Gasteiger partial charge in [-0.15, -0.1) is 0 Å². The first kappa shape index (κ1) is 23.0. The topological polar surface area (TPSA) is 81.4 Å². The van der Waals surface area contributed by atoms with Gasteiger partial charge in [-0.2, -0.15) is 10.2 Å². The van der Waals surface area contributed by atoms with Crippen LogP contribution in [0, 0.1) is 6.92 Å². The molecule has 5 rings (SSSR count). The van der Waals surface area contributed by atoms with Gasteiger partial charge in [-0.05, 0) is 38.1 Å². The number of carbonyl (C=O) groups excluding carboxylic acids is 1. The Morgan fingerprint density at radius 3 is 2.58 bits per heavy atom. The summed E-state index contributed by atoms with van der Waals surface area (Å²) in [4.78, 5) is 17.1. The van der Waals surface area contributed by atoms with Crippen LogP contribution >= 0.6 is 0 Å². The summed E-state index contributed by atoms with van der Waals surface area (Å²) in [6, 6.07) is 27.4. The van der Waals surface area contributed by atoms with E-state index in [1.165, 1.54) is 5.56 Å². The van der Waals surface area contributed by atoms with Gasteiger partial charge in [0.2, 0.25) is 0 Å². The van der Waals surface area contributed by atoms with Crippen molar-refractivity contribution < 1.29 is 9.53 Å². The van der Waals surface area contributed by atoms with E-state index >= 15 is 0 Å². The average Bonchev–Trinajstić information content (AvgIpc) is 3.34. The first-order chi connectivity index (χ1) is 17.6. The van der Waals surface area contributed by atoms with Gasteiger partial charge in [-0.1, -0.05) is 66.2 Å². The second-order valence-electron chi connectivity index (χ2n) is 8.40. The number of rotatable bonds is 7. The van der Waals surface area contributed by atoms with Crippen molar-refractivity contribution in [3.05, 3.63) is 108 Å². The molecule has 2 heterocycles. The monoisotopic (exact) mass is 475 g/mol. The van der Waals surface area contributed by atoms with Gasteiger partial charge < -0.3 is 4.74 Å². The first-order valence-electron chi connectivity index (χ1n) is 11.6. The number of hydrogen-bond donors (Lipinski definition) is 1. The Hall–Kier alpha value is -4.78. The van der Waals surface area contributed by atoms with Crippen LogP contribution in [0.15, 0.2) is 102 Å². The number of pyridine rings is 1. The maximum absolute atomic E-state index is 12.7. The number of ether oxygens (including phenoxy) is 1. The lowest BCUT2D eigenvalue weighted by Gasteiger charge is -2.14. The number of amides is 1. The minimum atomic E-state index is -0.765. The predicted molar refractivity (Wildman–Crippen MR) is 141 cm³/mol. The van der Waals surface area contributed by atoms with Gasteiger partial charge in [0.05, 0.1) is 11.9 Å². The minimum absolute atomic E-state index is 0.369. The van der Waals surface area contributed by atoms with E-state index in [4.69, 9.17) is 9.84 Å². The second kappa shape index (κ2) is 10.2. The fraction of sp³-hybridized carbons (Fsp3) is 0.103. The van der Waals surface area contributed by atoms with Crippen LogP contribution in [0.5, 0.6) is 5.75 Å². The predicted octanol–water partition coefficient (Wildman–Crippen LogP) is 5.31. The Labute approximate surface area is 209 Å². The number of nitrogens with one attached hydrogen (secondary N) is 1. The maximum atomic E-state index is 12.7. The number of para-hydroxylation sites is 2. The van der Waals surface area contributed by atoms with E-state index < -0.39 is 6.10 Å². The normalized spacial score (nSPS) is 12.1. The van der Waals surface area contributed by atoms with E-state index in [0.29, 0.717) is 11.3 Å². The first-order valence-corrected chi connectivity index (χ1v) is 11.6. The molecule has 1 atom stereocenters. The molecule has 0 fully saturated rings. The Kier molecular flexibility index (Phi) is 6.53. The molecule has 3 aromatic carbocycles. The molecular weight excluding hydrogens is 450 g/mol. The Balaban J connectivity index is 1.34. The molecule has 0 saturated carbocycles. The number of hydrogen-bond acceptors (Lipinski definition) is 5. The van der Waals surface area contributed by atoms with Gasteiger partial charge in [-0.25, -0.2) is 10.1 Å². The molecule has 0 aliphatic rings. The molecule has 1 N–H and O–H groups in total. The molecule has 5 aromatic rings. The second-order valence-corrected chi connectivity index (χ2v) is 8.40. The highest BCUT2D eigenvalue weighted by Gasteiger charge is 2.16. The van der Waals surface area contributed by atoms with Crippen LogP contribution in [0.3, 0.4) is 0 Å². The third-order valence-electron chi connectivity index (χ3n) is 5.74. The van der Waals surface area contributed by atoms with Gasteiger partial charge in [0, 0.05) is 28.9 Å². The maximum Gasteiger partial charge on any atom is 0.280 e. The highest BCUT2D eigenvalue weighted by Crippen LogP contribution is 2.25. The number of aryl methyl sites for hydroxylation is 1. The average molecular weight is 476 g/mol. The van der Waals surface area contributed by atoms with Crippen LogP contribution < -0.4 is 10.2 Å². The quantitative estimate of drug-likeness (QED) is 0.255. The number of nitrogens with zero attached hydrogens (tertiary/aromatic N) is 4. The zero-order valence-corrected chi connectivity index (χ0v) is 20.0. The molecular formula is C29H25N5O2. The largest absolute Gasteiger partial charge is 0.479 e. The molecule has 0 aliphatic carbocycles. The van der Waals surface area contributed by atoms with Crippen molar-refractivity contribution in [2.24, 2.45) is 5.10 Å². The summed E-state index contributed by atoms with van der Waals surface area (Å²) in [7, 11) is 0. The Morgan fingerprint density at radius 2 is 1.78 bits per heavy atom. The van der Waals surface area contributed by atoms with E-state index in [-0.39, 0.29) is 5.91 Å². The molecule has 2 aromatic heterocycles. The summed E-state index contributed by atoms with van der Waals surface area (Å²) >= 11 is 0. The Bertz CT molecular complexity index is 1520. The van der Waals surface area contributed by atoms with Crippen molar-refractivity contribution in [2.75, 3.05) is 0 Å². The third kappa shape index (κ3) is 5.00. The lowest BCUT2D eigenvalue weighted by Crippen LogP contribution is -2.33. The summed E-state index contributed by atoms with van der Waals surface area (Å²) in [6.45, 7) is 3.72. The molecule has 178 valence electrons. The molecule has 1 amide bonds. The molecule has 0 saturated heterocycles. The number of aromatic nitrogens is 3. The van der Waals surface area contributed by atoms with E-state index in [9.17, 15) is 4.79 Å². The minimum Gasteiger partial charge on any atom is -0.479 e. The van der Waals surface area contributed by atoms with Gasteiger partial charge in [0.1, 0.15) is 17.0 Å². The van der Waals surface area contributed by atoms with Gasteiger partial charge in [-0.3, -0.25) is 9.78 Å². The van der Waals surface area contributed by atoms with E-state index in [1.807, 2.05) is 92.0 Å². The smallest absolute Gasteiger partial charge is 0.280 e. The van der Waals surface area contributed by atoms with Crippen molar-refractivity contribution in [1.29, 1.82) is 0 Å². The van der Waals surface area contributed by atoms with Crippen molar-refractivity contribution in [1.82, 2.24) is 20.2 Å². The zero-order valence-electron chi connectivity index (χ0n) is 20.0. The van der Waals surface area contributed by atoms with Crippen LogP contribution in [0.1, 0.15) is 18.1 Å². The molecule has 0 radical (unpaired) electrons. The molecule has 0 aliphatic heterocycles. The van der Waals surface area contributed by atoms with Crippen LogP contribution in [-0.4, -0.2) is 33.0 Å². The standard InChI is InChI=1S/C29H25N5O2/c1-20-13-15-23(16-14-20)27-24(19-34(33-27)25-10-4-3-5-11-25)18-31-32-29(35)21(2)36-26-12-6-8-22-9-7-17-30-28(22)26/h3-19,21H,1-2H3,(H,32,35). The highest BCUT2D eigenvalue weighted by molar-refractivity contribution is 5.90. The van der Waals surface area contributed by atoms with E-state index in [1.54, 1.807) is 30.1 Å². The molecule has 7 heteroatoms. The number of benzene rings is 3. The molecule has 7 nitrogen and oxygen atoms in total. The van der Waals surface area contributed by atoms with Crippen LogP contribution in [0.2, 0.25) is 0 Å². The van der Waals surface area contributed by atoms with Crippen molar-refractivity contribution in [2.45, 2.75) is 20.0 Å². The van der Waals surface area contributed by atoms with Crippen molar-refractivity contribution in [3.63, 3.8) is 0 Å². The Morgan fingerprint density at radius 1 is 1.00 bits per heavy atom. The summed E-state index contributed by atoms with van der Waals surface area (Å²) < 4.78 is 7.70. The van der Waals surface area contributed by atoms with Gasteiger partial charge >= 0.3 is 0 Å². The number of fused-ring (bicyclic) bond motifs is 1. The number of carbonyl (C=O) groups is 1. The highest BCUT2D eigenvalue weighted by atomic mass is 16.5. The number of hydrazone groups is 1. The van der Waals surface area contributed by atoms with Crippen molar-refractivity contribution >= 4 is 23.0 Å². The van der Waals surface area contributed by atoms with Gasteiger partial charge in [0.25, 0.3) is 5.91 Å². The van der Waals surface area contributed by atoms with E-state index in [2.05, 4.69) is 15.5 Å². The molecule has 0 bridgehead atoms. The SMILES string of the molecule is Cc1ccc(-c2nn(-c3ccccc3)cc2C=NNC(=O)C(C)Oc2cccc3cccnc23)cc1. The fourth-order valence-electron chi connectivity index (χ4n) is 3.80. The lowest BCUT2D eigenvalue weighted by molar-refractivity contribution is -0.127. The molecule has 1 unspecified atom stereocenters. The summed E-state index contributed by atoms with van der Waals surface area (Å²) in [5.74, 6) is 0.178. The van der Waals surface area contributed by atoms with Crippen LogP contribution in [0.4, 0.5) is 0 Å². The van der Waals surface area contributed by atoms with E-state index in [0.717, 1.165) is 27.9 Å². The lowest BCUT2D eigenvalue weighted by atomic mass is 10.1. The molecule has 0 spiro atoms. The van der Waals surface area contributed by atoms with Gasteiger partial charge in [0.15, 0.2) is 6.10 Å². The summed E-state index contributed by atoms with van der Waals surface area (Å²) in [5, 5.41) is 9.93. The van der Waals surface area contributed by atoms with Crippen LogP contribution in [-0.2, 0) is 4.79 Å². The third-order valence-corrected chi connectivity index (χ3v) is 5.74. The van der Waals surface area contributed by atoms with Crippen LogP contribution in [0.25, 0.3) is 27.8 Å².